The molecule has 0 bridgehead atoms. The van der Waals surface area contributed by atoms with Gasteiger partial charge in [0.1, 0.15) is 12.2 Å². The van der Waals surface area contributed by atoms with Crippen LogP contribution in [0.3, 0.4) is 0 Å². The molecule has 0 atom stereocenters. The smallest absolute Gasteiger partial charge is 0.240 e. The molecule has 0 aliphatic carbocycles. The minimum Gasteiger partial charge on any atom is -0.380 e. The number of nitrogens with one attached hydrogen (secondary N) is 1. The number of rotatable bonds is 7. The summed E-state index contributed by atoms with van der Waals surface area (Å²) in [5.41, 5.74) is 2.86. The van der Waals surface area contributed by atoms with E-state index in [1.165, 1.54) is 0 Å². The fourth-order valence-corrected chi connectivity index (χ4v) is 2.60. The zero-order chi connectivity index (χ0) is 17.5. The first-order chi connectivity index (χ1) is 12.3. The van der Waals surface area contributed by atoms with Gasteiger partial charge >= 0.3 is 0 Å². The van der Waals surface area contributed by atoms with Gasteiger partial charge in [-0.1, -0.05) is 30.3 Å². The number of hydrogen-bond acceptors (Lipinski definition) is 4. The van der Waals surface area contributed by atoms with Crippen molar-refractivity contribution >= 4 is 5.91 Å². The molecular formula is C19H20N4O2. The van der Waals surface area contributed by atoms with Crippen LogP contribution in [0.1, 0.15) is 11.1 Å². The van der Waals surface area contributed by atoms with Crippen LogP contribution in [0.4, 0.5) is 0 Å². The highest BCUT2D eigenvalue weighted by Gasteiger charge is 2.11. The van der Waals surface area contributed by atoms with Crippen LogP contribution in [0.15, 0.2) is 61.1 Å². The summed E-state index contributed by atoms with van der Waals surface area (Å²) in [6.45, 7) is 1.18. The van der Waals surface area contributed by atoms with Crippen LogP contribution in [0.25, 0.3) is 11.5 Å². The number of ether oxygens (including phenoxy) is 1. The minimum absolute atomic E-state index is 0.0811. The van der Waals surface area contributed by atoms with Crippen molar-refractivity contribution in [2.45, 2.75) is 19.7 Å². The first-order valence-electron chi connectivity index (χ1n) is 8.03. The Morgan fingerprint density at radius 2 is 1.88 bits per heavy atom. The summed E-state index contributed by atoms with van der Waals surface area (Å²) >= 11 is 0. The Kier molecular flexibility index (Phi) is 5.53. The molecule has 0 saturated heterocycles. The maximum atomic E-state index is 12.3. The highest BCUT2D eigenvalue weighted by atomic mass is 16.5. The van der Waals surface area contributed by atoms with Crippen molar-refractivity contribution in [3.05, 3.63) is 72.2 Å². The van der Waals surface area contributed by atoms with Crippen LogP contribution in [0, 0.1) is 0 Å². The lowest BCUT2D eigenvalue weighted by Crippen LogP contribution is -2.27. The second-order valence-corrected chi connectivity index (χ2v) is 5.57. The summed E-state index contributed by atoms with van der Waals surface area (Å²) in [7, 11) is 1.66. The Morgan fingerprint density at radius 1 is 1.08 bits per heavy atom. The highest BCUT2D eigenvalue weighted by Crippen LogP contribution is 2.14. The lowest BCUT2D eigenvalue weighted by molar-refractivity contribution is -0.121. The van der Waals surface area contributed by atoms with Crippen molar-refractivity contribution in [3.8, 4) is 11.5 Å². The van der Waals surface area contributed by atoms with E-state index in [9.17, 15) is 4.79 Å². The number of nitrogens with zero attached hydrogens (tertiary/aromatic N) is 3. The Hall–Kier alpha value is -2.99. The van der Waals surface area contributed by atoms with E-state index in [4.69, 9.17) is 4.74 Å². The quantitative estimate of drug-likeness (QED) is 0.719. The van der Waals surface area contributed by atoms with Gasteiger partial charge in [0.2, 0.25) is 5.91 Å². The van der Waals surface area contributed by atoms with Crippen LogP contribution in [0.2, 0.25) is 0 Å². The topological polar surface area (TPSA) is 69.0 Å². The Balaban J connectivity index is 1.64. The van der Waals surface area contributed by atoms with E-state index >= 15 is 0 Å². The second-order valence-electron chi connectivity index (χ2n) is 5.57. The number of methoxy groups -OCH3 is 1. The van der Waals surface area contributed by atoms with E-state index < -0.39 is 0 Å². The number of pyridine rings is 1. The van der Waals surface area contributed by atoms with Gasteiger partial charge in [-0.05, 0) is 23.3 Å². The molecule has 0 spiro atoms. The van der Waals surface area contributed by atoms with Gasteiger partial charge in [-0.25, -0.2) is 4.98 Å². The average molecular weight is 336 g/mol. The third-order valence-corrected chi connectivity index (χ3v) is 3.82. The Morgan fingerprint density at radius 3 is 2.64 bits per heavy atom. The summed E-state index contributed by atoms with van der Waals surface area (Å²) in [5.74, 6) is 0.595. The molecule has 0 fully saturated rings. The van der Waals surface area contributed by atoms with Crippen molar-refractivity contribution < 1.29 is 9.53 Å². The Bertz CT molecular complexity index is 830. The molecule has 2 heterocycles. The van der Waals surface area contributed by atoms with Gasteiger partial charge in [-0.3, -0.25) is 9.78 Å². The van der Waals surface area contributed by atoms with Crippen LogP contribution in [0.5, 0.6) is 0 Å². The number of amides is 1. The maximum Gasteiger partial charge on any atom is 0.240 e. The minimum atomic E-state index is -0.0811. The monoisotopic (exact) mass is 336 g/mol. The molecule has 0 radical (unpaired) electrons. The predicted octanol–water partition coefficient (Wildman–Crippen LogP) is 2.41. The normalized spacial score (nSPS) is 10.6. The van der Waals surface area contributed by atoms with E-state index in [-0.39, 0.29) is 12.5 Å². The number of benzene rings is 1. The van der Waals surface area contributed by atoms with Gasteiger partial charge in [0, 0.05) is 32.2 Å². The fourth-order valence-electron chi connectivity index (χ4n) is 2.60. The SMILES string of the molecule is COCc1ccccc1CNC(=O)Cn1ccnc1-c1ccccn1. The maximum absolute atomic E-state index is 12.3. The van der Waals surface area contributed by atoms with Crippen LogP contribution in [-0.2, 0) is 29.2 Å². The largest absolute Gasteiger partial charge is 0.380 e. The third kappa shape index (κ3) is 4.30. The molecule has 1 amide bonds. The lowest BCUT2D eigenvalue weighted by Gasteiger charge is -2.11. The van der Waals surface area contributed by atoms with Gasteiger partial charge in [0.15, 0.2) is 5.82 Å². The zero-order valence-electron chi connectivity index (χ0n) is 14.1. The standard InChI is InChI=1S/C19H20N4O2/c1-25-14-16-7-3-2-6-15(16)12-22-18(24)13-23-11-10-21-19(23)17-8-4-5-9-20-17/h2-11H,12-14H2,1H3,(H,22,24). The fraction of sp³-hybridized carbons (Fsp3) is 0.211. The molecule has 3 rings (SSSR count). The van der Waals surface area contributed by atoms with Crippen LogP contribution >= 0.6 is 0 Å². The van der Waals surface area contributed by atoms with Gasteiger partial charge in [-0.2, -0.15) is 0 Å². The number of hydrogen-bond donors (Lipinski definition) is 1. The molecule has 25 heavy (non-hydrogen) atoms. The van der Waals surface area contributed by atoms with E-state index in [1.54, 1.807) is 30.3 Å². The number of carbonyl (C=O) groups is 1. The molecule has 128 valence electrons. The van der Waals surface area contributed by atoms with E-state index in [0.29, 0.717) is 19.0 Å². The molecule has 6 nitrogen and oxygen atoms in total. The average Bonchev–Trinajstić information content (AvgIpc) is 3.10. The summed E-state index contributed by atoms with van der Waals surface area (Å²) in [6, 6.07) is 13.5. The van der Waals surface area contributed by atoms with Gasteiger partial charge < -0.3 is 14.6 Å². The van der Waals surface area contributed by atoms with Crippen molar-refractivity contribution in [3.63, 3.8) is 0 Å². The number of imidazole rings is 1. The number of aromatic nitrogens is 3. The lowest BCUT2D eigenvalue weighted by atomic mass is 10.1. The third-order valence-electron chi connectivity index (χ3n) is 3.82. The van der Waals surface area contributed by atoms with Crippen molar-refractivity contribution in [1.82, 2.24) is 19.9 Å². The van der Waals surface area contributed by atoms with Gasteiger partial charge in [0.25, 0.3) is 0 Å². The first-order valence-corrected chi connectivity index (χ1v) is 8.03. The molecule has 2 aromatic heterocycles. The summed E-state index contributed by atoms with van der Waals surface area (Å²) in [6.07, 6.45) is 5.16. The molecule has 0 aliphatic heterocycles. The zero-order valence-corrected chi connectivity index (χ0v) is 14.1. The Labute approximate surface area is 146 Å². The highest BCUT2D eigenvalue weighted by molar-refractivity contribution is 5.76. The van der Waals surface area contributed by atoms with Crippen molar-refractivity contribution in [2.75, 3.05) is 7.11 Å². The number of carbonyl (C=O) groups excluding carboxylic acids is 1. The first kappa shape index (κ1) is 16.9. The van der Waals surface area contributed by atoms with Gasteiger partial charge in [0.05, 0.1) is 6.61 Å². The molecule has 1 N–H and O–H groups in total. The molecule has 6 heteroatoms. The van der Waals surface area contributed by atoms with Crippen LogP contribution < -0.4 is 5.32 Å². The molecule has 0 aliphatic rings. The predicted molar refractivity (Wildman–Crippen MR) is 94.5 cm³/mol. The van der Waals surface area contributed by atoms with E-state index in [2.05, 4.69) is 15.3 Å². The van der Waals surface area contributed by atoms with Crippen LogP contribution in [-0.4, -0.2) is 27.6 Å². The summed E-state index contributed by atoms with van der Waals surface area (Å²) in [4.78, 5) is 20.9. The summed E-state index contributed by atoms with van der Waals surface area (Å²) < 4.78 is 6.98. The molecule has 0 saturated carbocycles. The molecule has 0 unspecified atom stereocenters. The van der Waals surface area contributed by atoms with Crippen molar-refractivity contribution in [2.24, 2.45) is 0 Å². The molecule has 1 aromatic carbocycles. The van der Waals surface area contributed by atoms with E-state index in [0.717, 1.165) is 16.8 Å². The van der Waals surface area contributed by atoms with E-state index in [1.807, 2.05) is 42.5 Å². The van der Waals surface area contributed by atoms with Crippen molar-refractivity contribution in [1.29, 1.82) is 0 Å². The summed E-state index contributed by atoms with van der Waals surface area (Å²) in [5, 5.41) is 2.95. The second kappa shape index (κ2) is 8.21. The molecular weight excluding hydrogens is 316 g/mol. The molecule has 3 aromatic rings. The van der Waals surface area contributed by atoms with Gasteiger partial charge in [-0.15, -0.1) is 0 Å².